The maximum Gasteiger partial charge on any atom is 0.343 e. The topological polar surface area (TPSA) is 99.2 Å². The predicted molar refractivity (Wildman–Crippen MR) is 95.1 cm³/mol. The normalized spacial score (nSPS) is 11.8. The SMILES string of the molecule is CCOC(=O)c1cnn(CC(=O)NC(C)c2cc(C)ccc2C)c1N. The number of nitrogen functional groups attached to an aromatic ring is 1. The van der Waals surface area contributed by atoms with Gasteiger partial charge in [-0.2, -0.15) is 5.10 Å². The lowest BCUT2D eigenvalue weighted by molar-refractivity contribution is -0.122. The molecule has 0 radical (unpaired) electrons. The molecule has 0 spiro atoms. The number of aryl methyl sites for hydroxylation is 2. The largest absolute Gasteiger partial charge is 0.462 e. The van der Waals surface area contributed by atoms with Crippen molar-refractivity contribution in [1.29, 1.82) is 0 Å². The van der Waals surface area contributed by atoms with Crippen molar-refractivity contribution < 1.29 is 14.3 Å². The molecule has 2 rings (SSSR count). The Morgan fingerprint density at radius 1 is 1.36 bits per heavy atom. The van der Waals surface area contributed by atoms with E-state index in [-0.39, 0.29) is 36.5 Å². The van der Waals surface area contributed by atoms with Crippen molar-refractivity contribution in [2.24, 2.45) is 0 Å². The van der Waals surface area contributed by atoms with Gasteiger partial charge in [0.15, 0.2) is 0 Å². The summed E-state index contributed by atoms with van der Waals surface area (Å²) in [7, 11) is 0. The lowest BCUT2D eigenvalue weighted by Gasteiger charge is -2.17. The van der Waals surface area contributed by atoms with E-state index >= 15 is 0 Å². The predicted octanol–water partition coefficient (Wildman–Crippen LogP) is 2.14. The zero-order valence-corrected chi connectivity index (χ0v) is 15.0. The number of carbonyl (C=O) groups is 2. The molecular formula is C18H24N4O3. The Morgan fingerprint density at radius 3 is 2.76 bits per heavy atom. The van der Waals surface area contributed by atoms with Crippen molar-refractivity contribution in [3.05, 3.63) is 46.6 Å². The molecule has 1 heterocycles. The molecule has 0 bridgehead atoms. The molecule has 1 atom stereocenters. The van der Waals surface area contributed by atoms with Crippen LogP contribution in [0.15, 0.2) is 24.4 Å². The summed E-state index contributed by atoms with van der Waals surface area (Å²) < 4.78 is 6.19. The highest BCUT2D eigenvalue weighted by atomic mass is 16.5. The van der Waals surface area contributed by atoms with Crippen molar-refractivity contribution in [3.63, 3.8) is 0 Å². The standard InChI is InChI=1S/C18H24N4O3/c1-5-25-18(24)15-9-20-22(17(15)19)10-16(23)21-13(4)14-8-11(2)6-7-12(14)3/h6-9,13H,5,10,19H2,1-4H3,(H,21,23). The summed E-state index contributed by atoms with van der Waals surface area (Å²) in [5, 5.41) is 6.93. The number of carbonyl (C=O) groups excluding carboxylic acids is 2. The number of rotatable bonds is 6. The molecule has 1 aromatic heterocycles. The zero-order chi connectivity index (χ0) is 18.6. The van der Waals surface area contributed by atoms with Crippen LogP contribution >= 0.6 is 0 Å². The van der Waals surface area contributed by atoms with Crippen molar-refractivity contribution >= 4 is 17.7 Å². The third-order valence-electron chi connectivity index (χ3n) is 3.95. The van der Waals surface area contributed by atoms with Crippen LogP contribution in [0.5, 0.6) is 0 Å². The van der Waals surface area contributed by atoms with E-state index in [1.54, 1.807) is 6.92 Å². The van der Waals surface area contributed by atoms with Gasteiger partial charge in [-0.15, -0.1) is 0 Å². The van der Waals surface area contributed by atoms with Crippen LogP contribution in [0.25, 0.3) is 0 Å². The van der Waals surface area contributed by atoms with Crippen molar-refractivity contribution in [3.8, 4) is 0 Å². The van der Waals surface area contributed by atoms with E-state index in [4.69, 9.17) is 10.5 Å². The summed E-state index contributed by atoms with van der Waals surface area (Å²) in [5.74, 6) is -0.665. The number of hydrogen-bond acceptors (Lipinski definition) is 5. The molecule has 0 aliphatic rings. The molecule has 1 aromatic carbocycles. The molecule has 1 unspecified atom stereocenters. The average molecular weight is 344 g/mol. The van der Waals surface area contributed by atoms with Gasteiger partial charge in [0.25, 0.3) is 0 Å². The Hall–Kier alpha value is -2.83. The molecule has 2 aromatic rings. The molecule has 0 fully saturated rings. The van der Waals surface area contributed by atoms with Gasteiger partial charge in [-0.25, -0.2) is 9.48 Å². The van der Waals surface area contributed by atoms with E-state index in [0.29, 0.717) is 0 Å². The first-order valence-electron chi connectivity index (χ1n) is 8.18. The number of ether oxygens (including phenoxy) is 1. The van der Waals surface area contributed by atoms with Crippen molar-refractivity contribution in [1.82, 2.24) is 15.1 Å². The minimum absolute atomic E-state index is 0.0690. The first-order valence-corrected chi connectivity index (χ1v) is 8.18. The summed E-state index contributed by atoms with van der Waals surface area (Å²) in [6, 6.07) is 5.98. The highest BCUT2D eigenvalue weighted by Gasteiger charge is 2.18. The first-order chi connectivity index (χ1) is 11.8. The number of nitrogens with one attached hydrogen (secondary N) is 1. The molecule has 7 heteroatoms. The molecule has 7 nitrogen and oxygen atoms in total. The summed E-state index contributed by atoms with van der Waals surface area (Å²) >= 11 is 0. The number of nitrogens with zero attached hydrogens (tertiary/aromatic N) is 2. The number of esters is 1. The number of amides is 1. The first kappa shape index (κ1) is 18.5. The molecular weight excluding hydrogens is 320 g/mol. The van der Waals surface area contributed by atoms with Crippen LogP contribution in [-0.4, -0.2) is 28.3 Å². The van der Waals surface area contributed by atoms with Crippen LogP contribution in [0.3, 0.4) is 0 Å². The Balaban J connectivity index is 2.05. The second-order valence-electron chi connectivity index (χ2n) is 5.97. The fourth-order valence-electron chi connectivity index (χ4n) is 2.61. The van der Waals surface area contributed by atoms with Gasteiger partial charge in [0, 0.05) is 0 Å². The Morgan fingerprint density at radius 2 is 2.08 bits per heavy atom. The monoisotopic (exact) mass is 344 g/mol. The second kappa shape index (κ2) is 7.83. The van der Waals surface area contributed by atoms with Crippen molar-refractivity contribution in [2.75, 3.05) is 12.3 Å². The number of aromatic nitrogens is 2. The van der Waals surface area contributed by atoms with Crippen molar-refractivity contribution in [2.45, 2.75) is 40.3 Å². The fraction of sp³-hybridized carbons (Fsp3) is 0.389. The molecule has 134 valence electrons. The molecule has 0 saturated carbocycles. The molecule has 3 N–H and O–H groups in total. The summed E-state index contributed by atoms with van der Waals surface area (Å²) in [6.07, 6.45) is 1.31. The van der Waals surface area contributed by atoms with Crippen LogP contribution in [0.1, 0.15) is 46.9 Å². The third kappa shape index (κ3) is 4.37. The van der Waals surface area contributed by atoms with E-state index in [0.717, 1.165) is 16.7 Å². The Kier molecular flexibility index (Phi) is 5.80. The van der Waals surface area contributed by atoms with Crippen LogP contribution < -0.4 is 11.1 Å². The summed E-state index contributed by atoms with van der Waals surface area (Å²) in [6.45, 7) is 7.84. The van der Waals surface area contributed by atoms with E-state index in [1.165, 1.54) is 10.9 Å². The number of hydrogen-bond donors (Lipinski definition) is 2. The van der Waals surface area contributed by atoms with Crippen LogP contribution in [0.2, 0.25) is 0 Å². The van der Waals surface area contributed by atoms with Gasteiger partial charge < -0.3 is 15.8 Å². The molecule has 0 aliphatic heterocycles. The minimum atomic E-state index is -0.546. The van der Waals surface area contributed by atoms with E-state index in [2.05, 4.69) is 16.5 Å². The minimum Gasteiger partial charge on any atom is -0.462 e. The van der Waals surface area contributed by atoms with Crippen LogP contribution in [-0.2, 0) is 16.1 Å². The highest BCUT2D eigenvalue weighted by Crippen LogP contribution is 2.19. The summed E-state index contributed by atoms with van der Waals surface area (Å²) in [4.78, 5) is 24.0. The highest BCUT2D eigenvalue weighted by molar-refractivity contribution is 5.94. The van der Waals surface area contributed by atoms with Gasteiger partial charge in [-0.1, -0.05) is 23.8 Å². The maximum absolute atomic E-state index is 12.3. The summed E-state index contributed by atoms with van der Waals surface area (Å²) in [5.41, 5.74) is 9.37. The van der Waals surface area contributed by atoms with E-state index in [9.17, 15) is 9.59 Å². The third-order valence-corrected chi connectivity index (χ3v) is 3.95. The number of anilines is 1. The maximum atomic E-state index is 12.3. The molecule has 0 aliphatic carbocycles. The van der Waals surface area contributed by atoms with Gasteiger partial charge >= 0.3 is 5.97 Å². The lowest BCUT2D eigenvalue weighted by atomic mass is 10.00. The molecule has 25 heavy (non-hydrogen) atoms. The number of benzene rings is 1. The average Bonchev–Trinajstić information content (AvgIpc) is 2.90. The van der Waals surface area contributed by atoms with Gasteiger partial charge in [0.1, 0.15) is 17.9 Å². The Labute approximate surface area is 147 Å². The fourth-order valence-corrected chi connectivity index (χ4v) is 2.61. The second-order valence-corrected chi connectivity index (χ2v) is 5.97. The van der Waals surface area contributed by atoms with Gasteiger partial charge in [0.05, 0.1) is 18.8 Å². The van der Waals surface area contributed by atoms with Crippen LogP contribution in [0, 0.1) is 13.8 Å². The van der Waals surface area contributed by atoms with Gasteiger partial charge in [-0.3, -0.25) is 4.79 Å². The Bertz CT molecular complexity index is 783. The number of nitrogens with two attached hydrogens (primary N) is 1. The van der Waals surface area contributed by atoms with E-state index < -0.39 is 5.97 Å². The molecule has 0 saturated heterocycles. The van der Waals surface area contributed by atoms with E-state index in [1.807, 2.05) is 32.9 Å². The van der Waals surface area contributed by atoms with Gasteiger partial charge in [0.2, 0.25) is 5.91 Å². The quantitative estimate of drug-likeness (QED) is 0.782. The van der Waals surface area contributed by atoms with Gasteiger partial charge in [-0.05, 0) is 38.8 Å². The lowest BCUT2D eigenvalue weighted by Crippen LogP contribution is -2.31. The van der Waals surface area contributed by atoms with Crippen LogP contribution in [0.4, 0.5) is 5.82 Å². The smallest absolute Gasteiger partial charge is 0.343 e. The molecule has 1 amide bonds. The zero-order valence-electron chi connectivity index (χ0n) is 15.0.